The van der Waals surface area contributed by atoms with Crippen LogP contribution < -0.4 is 10.1 Å². The van der Waals surface area contributed by atoms with Crippen LogP contribution in [0.4, 0.5) is 0 Å². The van der Waals surface area contributed by atoms with E-state index in [0.717, 1.165) is 35.2 Å². The highest BCUT2D eigenvalue weighted by molar-refractivity contribution is 7.09. The third-order valence-corrected chi connectivity index (χ3v) is 4.16. The molecule has 24 heavy (non-hydrogen) atoms. The van der Waals surface area contributed by atoms with Crippen molar-refractivity contribution in [2.45, 2.75) is 33.4 Å². The maximum absolute atomic E-state index is 5.49. The van der Waals surface area contributed by atoms with Crippen LogP contribution in [0, 0.1) is 6.92 Å². The van der Waals surface area contributed by atoms with Crippen molar-refractivity contribution in [2.75, 3.05) is 20.7 Å². The standard InChI is InChI=1S/C17H25N5OS/c1-5-8-23-16-7-6-14(9-19-16)10-20-17(18-3)22(4)11-15-12-24-13(2)21-15/h6-7,9,12H,5,8,10-11H2,1-4H3,(H,18,20). The normalized spacial score (nSPS) is 11.4. The molecule has 0 saturated heterocycles. The van der Waals surface area contributed by atoms with Crippen LogP contribution in [0.3, 0.4) is 0 Å². The molecule has 1 N–H and O–H groups in total. The molecule has 0 radical (unpaired) electrons. The number of aromatic nitrogens is 2. The molecule has 0 fully saturated rings. The monoisotopic (exact) mass is 347 g/mol. The van der Waals surface area contributed by atoms with E-state index in [9.17, 15) is 0 Å². The Morgan fingerprint density at radius 2 is 2.25 bits per heavy atom. The Hall–Kier alpha value is -2.15. The quantitative estimate of drug-likeness (QED) is 0.616. The summed E-state index contributed by atoms with van der Waals surface area (Å²) < 4.78 is 5.49. The van der Waals surface area contributed by atoms with Gasteiger partial charge >= 0.3 is 0 Å². The van der Waals surface area contributed by atoms with Crippen molar-refractivity contribution in [1.82, 2.24) is 20.2 Å². The third-order valence-electron chi connectivity index (χ3n) is 3.34. The topological polar surface area (TPSA) is 62.6 Å². The van der Waals surface area contributed by atoms with E-state index in [1.165, 1.54) is 0 Å². The van der Waals surface area contributed by atoms with E-state index in [-0.39, 0.29) is 0 Å². The Morgan fingerprint density at radius 3 is 2.83 bits per heavy atom. The van der Waals surface area contributed by atoms with Gasteiger partial charge in [0.05, 0.1) is 23.9 Å². The van der Waals surface area contributed by atoms with Crippen molar-refractivity contribution in [1.29, 1.82) is 0 Å². The molecule has 0 bridgehead atoms. The zero-order valence-corrected chi connectivity index (χ0v) is 15.6. The second-order valence-corrected chi connectivity index (χ2v) is 6.53. The number of hydrogen-bond acceptors (Lipinski definition) is 5. The fraction of sp³-hybridized carbons (Fsp3) is 0.471. The zero-order valence-electron chi connectivity index (χ0n) is 14.7. The van der Waals surface area contributed by atoms with E-state index in [2.05, 4.69) is 37.5 Å². The maximum atomic E-state index is 5.49. The number of ether oxygens (including phenoxy) is 1. The van der Waals surface area contributed by atoms with Crippen LogP contribution in [-0.4, -0.2) is 41.5 Å². The molecule has 2 aromatic rings. The average Bonchev–Trinajstić information content (AvgIpc) is 2.99. The highest BCUT2D eigenvalue weighted by atomic mass is 32.1. The lowest BCUT2D eigenvalue weighted by molar-refractivity contribution is 0.305. The molecule has 130 valence electrons. The molecule has 6 nitrogen and oxygen atoms in total. The number of nitrogens with one attached hydrogen (secondary N) is 1. The molecule has 0 aliphatic heterocycles. The van der Waals surface area contributed by atoms with E-state index >= 15 is 0 Å². The summed E-state index contributed by atoms with van der Waals surface area (Å²) in [5.41, 5.74) is 2.14. The first-order valence-corrected chi connectivity index (χ1v) is 8.90. The lowest BCUT2D eigenvalue weighted by Gasteiger charge is -2.21. The third kappa shape index (κ3) is 5.49. The average molecular weight is 347 g/mol. The molecule has 7 heteroatoms. The summed E-state index contributed by atoms with van der Waals surface area (Å²) in [5, 5.41) is 6.51. The lowest BCUT2D eigenvalue weighted by atomic mass is 10.3. The minimum Gasteiger partial charge on any atom is -0.478 e. The predicted molar refractivity (Wildman–Crippen MR) is 98.5 cm³/mol. The van der Waals surface area contributed by atoms with E-state index < -0.39 is 0 Å². The summed E-state index contributed by atoms with van der Waals surface area (Å²) in [7, 11) is 3.79. The number of guanidine groups is 1. The molecule has 2 aromatic heterocycles. The van der Waals surface area contributed by atoms with Gasteiger partial charge in [0, 0.05) is 38.3 Å². The number of aliphatic imine (C=N–C) groups is 1. The molecule has 0 atom stereocenters. The summed E-state index contributed by atoms with van der Waals surface area (Å²) in [5.74, 6) is 1.49. The minimum absolute atomic E-state index is 0.661. The number of rotatable bonds is 7. The summed E-state index contributed by atoms with van der Waals surface area (Å²) >= 11 is 1.66. The smallest absolute Gasteiger partial charge is 0.213 e. The molecule has 0 saturated carbocycles. The maximum Gasteiger partial charge on any atom is 0.213 e. The fourth-order valence-electron chi connectivity index (χ4n) is 2.17. The van der Waals surface area contributed by atoms with Crippen molar-refractivity contribution in [3.8, 4) is 5.88 Å². The lowest BCUT2D eigenvalue weighted by Crippen LogP contribution is -2.38. The SMILES string of the molecule is CCCOc1ccc(CNC(=NC)N(C)Cc2csc(C)n2)cn1. The van der Waals surface area contributed by atoms with Crippen LogP contribution in [0.5, 0.6) is 5.88 Å². The highest BCUT2D eigenvalue weighted by Gasteiger charge is 2.08. The molecule has 0 unspecified atom stereocenters. The Morgan fingerprint density at radius 1 is 1.42 bits per heavy atom. The second-order valence-electron chi connectivity index (χ2n) is 5.47. The van der Waals surface area contributed by atoms with Crippen molar-refractivity contribution in [3.05, 3.63) is 40.0 Å². The van der Waals surface area contributed by atoms with Gasteiger partial charge in [0.1, 0.15) is 0 Å². The van der Waals surface area contributed by atoms with Crippen molar-refractivity contribution in [2.24, 2.45) is 4.99 Å². The summed E-state index contributed by atoms with van der Waals surface area (Å²) in [6, 6.07) is 3.92. The van der Waals surface area contributed by atoms with Crippen molar-refractivity contribution in [3.63, 3.8) is 0 Å². The molecular weight excluding hydrogens is 322 g/mol. The number of pyridine rings is 1. The van der Waals surface area contributed by atoms with Crippen LogP contribution >= 0.6 is 11.3 Å². The van der Waals surface area contributed by atoms with Gasteiger partial charge in [-0.1, -0.05) is 13.0 Å². The number of hydrogen-bond donors (Lipinski definition) is 1. The van der Waals surface area contributed by atoms with Crippen molar-refractivity contribution < 1.29 is 4.74 Å². The molecule has 0 aromatic carbocycles. The predicted octanol–water partition coefficient (Wildman–Crippen LogP) is 2.84. The van der Waals surface area contributed by atoms with Crippen LogP contribution in [-0.2, 0) is 13.1 Å². The summed E-state index contributed by atoms with van der Waals surface area (Å²) in [6.07, 6.45) is 2.81. The molecule has 2 heterocycles. The fourth-order valence-corrected chi connectivity index (χ4v) is 2.78. The van der Waals surface area contributed by atoms with Gasteiger partial charge in [-0.25, -0.2) is 9.97 Å². The van der Waals surface area contributed by atoms with Crippen molar-refractivity contribution >= 4 is 17.3 Å². The molecular formula is C17H25N5OS. The van der Waals surface area contributed by atoms with Gasteiger partial charge in [0.15, 0.2) is 5.96 Å². The van der Waals surface area contributed by atoms with Gasteiger partial charge in [0.2, 0.25) is 5.88 Å². The van der Waals surface area contributed by atoms with E-state index in [0.29, 0.717) is 19.0 Å². The zero-order chi connectivity index (χ0) is 17.4. The molecule has 0 aliphatic rings. The largest absolute Gasteiger partial charge is 0.478 e. The summed E-state index contributed by atoms with van der Waals surface area (Å²) in [4.78, 5) is 15.2. The van der Waals surface area contributed by atoms with Gasteiger partial charge in [-0.15, -0.1) is 11.3 Å². The van der Waals surface area contributed by atoms with Crippen LogP contribution in [0.2, 0.25) is 0 Å². The van der Waals surface area contributed by atoms with Crippen LogP contribution in [0.25, 0.3) is 0 Å². The van der Waals surface area contributed by atoms with Gasteiger partial charge in [-0.2, -0.15) is 0 Å². The van der Waals surface area contributed by atoms with E-state index in [4.69, 9.17) is 4.74 Å². The summed E-state index contributed by atoms with van der Waals surface area (Å²) in [6.45, 7) is 6.17. The number of aryl methyl sites for hydroxylation is 1. The Labute approximate surface area is 147 Å². The minimum atomic E-state index is 0.661. The van der Waals surface area contributed by atoms with Gasteiger partial charge in [-0.05, 0) is 18.9 Å². The van der Waals surface area contributed by atoms with Crippen LogP contribution in [0.15, 0.2) is 28.7 Å². The Balaban J connectivity index is 1.86. The number of thiazole rings is 1. The first-order chi connectivity index (χ1) is 11.6. The first kappa shape index (κ1) is 18.2. The molecule has 0 amide bonds. The number of nitrogens with zero attached hydrogens (tertiary/aromatic N) is 4. The second kappa shape index (κ2) is 9.22. The molecule has 2 rings (SSSR count). The van der Waals surface area contributed by atoms with Crippen LogP contribution in [0.1, 0.15) is 29.6 Å². The van der Waals surface area contributed by atoms with Gasteiger partial charge in [-0.3, -0.25) is 4.99 Å². The Bertz CT molecular complexity index is 653. The molecule has 0 spiro atoms. The van der Waals surface area contributed by atoms with E-state index in [1.807, 2.05) is 32.3 Å². The Kier molecular flexibility index (Phi) is 6.99. The van der Waals surface area contributed by atoms with Gasteiger partial charge in [0.25, 0.3) is 0 Å². The van der Waals surface area contributed by atoms with Gasteiger partial charge < -0.3 is 15.0 Å². The van der Waals surface area contributed by atoms with E-state index in [1.54, 1.807) is 18.4 Å². The highest BCUT2D eigenvalue weighted by Crippen LogP contribution is 2.10. The first-order valence-electron chi connectivity index (χ1n) is 8.03. The molecule has 0 aliphatic carbocycles.